The summed E-state index contributed by atoms with van der Waals surface area (Å²) in [6.45, 7) is 4.16. The summed E-state index contributed by atoms with van der Waals surface area (Å²) in [5.41, 5.74) is 3.73. The molecule has 0 N–H and O–H groups in total. The van der Waals surface area contributed by atoms with Gasteiger partial charge in [0.25, 0.3) is 0 Å². The summed E-state index contributed by atoms with van der Waals surface area (Å²) in [4.78, 5) is 2.34. The third kappa shape index (κ3) is 2.49. The van der Waals surface area contributed by atoms with Crippen molar-refractivity contribution < 1.29 is 0 Å². The van der Waals surface area contributed by atoms with Crippen molar-refractivity contribution in [1.29, 1.82) is 0 Å². The highest BCUT2D eigenvalue weighted by molar-refractivity contribution is 5.63. The monoisotopic (exact) mass is 263 g/mol. The van der Waals surface area contributed by atoms with Crippen LogP contribution in [0.5, 0.6) is 0 Å². The Labute approximate surface area is 121 Å². The number of fused-ring (bicyclic) bond motifs is 1. The number of hydrogen-bond donors (Lipinski definition) is 0. The van der Waals surface area contributed by atoms with Gasteiger partial charge in [-0.05, 0) is 56.4 Å². The zero-order valence-corrected chi connectivity index (χ0v) is 12.2. The van der Waals surface area contributed by atoms with E-state index in [1.807, 2.05) is 0 Å². The quantitative estimate of drug-likeness (QED) is 0.686. The number of allylic oxidation sites excluding steroid dienone is 6. The van der Waals surface area contributed by atoms with Gasteiger partial charge in [0.15, 0.2) is 0 Å². The Bertz CT molecular complexity index is 589. The van der Waals surface area contributed by atoms with E-state index in [0.717, 1.165) is 11.8 Å². The predicted molar refractivity (Wildman–Crippen MR) is 86.3 cm³/mol. The average Bonchev–Trinajstić information content (AvgIpc) is 3.26. The van der Waals surface area contributed by atoms with E-state index in [1.54, 1.807) is 0 Å². The molecule has 1 nitrogen and oxygen atoms in total. The van der Waals surface area contributed by atoms with Crippen LogP contribution in [0.15, 0.2) is 78.2 Å². The van der Waals surface area contributed by atoms with Gasteiger partial charge in [-0.2, -0.15) is 0 Å². The number of anilines is 1. The SMILES string of the molecule is C/C=C\C(=C/C)N(C1=CC2CC2C=C1)c1ccccc1. The summed E-state index contributed by atoms with van der Waals surface area (Å²) < 4.78 is 0. The minimum Gasteiger partial charge on any atom is -0.311 e. The number of benzene rings is 1. The van der Waals surface area contributed by atoms with Gasteiger partial charge in [-0.1, -0.05) is 42.5 Å². The Morgan fingerprint density at radius 1 is 1.15 bits per heavy atom. The fourth-order valence-electron chi connectivity index (χ4n) is 2.79. The van der Waals surface area contributed by atoms with Crippen molar-refractivity contribution in [2.45, 2.75) is 20.3 Å². The van der Waals surface area contributed by atoms with Crippen molar-refractivity contribution in [1.82, 2.24) is 0 Å². The standard InChI is InChI=1S/C19H21N/c1-3-8-17(4-2)20(18-9-6-5-7-10-18)19-12-11-15-13-16(15)14-19/h3-12,14-16H,13H2,1-2H3/b8-3-,17-4+. The summed E-state index contributed by atoms with van der Waals surface area (Å²) >= 11 is 0. The van der Waals surface area contributed by atoms with Gasteiger partial charge in [0.05, 0.1) is 0 Å². The van der Waals surface area contributed by atoms with Crippen LogP contribution in [-0.2, 0) is 0 Å². The van der Waals surface area contributed by atoms with Gasteiger partial charge in [-0.25, -0.2) is 0 Å². The molecule has 0 amide bonds. The molecule has 2 unspecified atom stereocenters. The molecule has 0 bridgehead atoms. The fourth-order valence-corrected chi connectivity index (χ4v) is 2.79. The average molecular weight is 263 g/mol. The molecule has 2 aliphatic rings. The van der Waals surface area contributed by atoms with Crippen molar-refractivity contribution in [3.05, 3.63) is 78.2 Å². The predicted octanol–water partition coefficient (Wildman–Crippen LogP) is 5.06. The Balaban J connectivity index is 2.02. The van der Waals surface area contributed by atoms with Gasteiger partial charge >= 0.3 is 0 Å². The van der Waals surface area contributed by atoms with E-state index in [2.05, 4.69) is 85.5 Å². The first-order chi connectivity index (χ1) is 9.83. The van der Waals surface area contributed by atoms with Crippen molar-refractivity contribution in [2.24, 2.45) is 11.8 Å². The van der Waals surface area contributed by atoms with Gasteiger partial charge in [-0.3, -0.25) is 0 Å². The van der Waals surface area contributed by atoms with Crippen LogP contribution >= 0.6 is 0 Å². The molecule has 0 spiro atoms. The van der Waals surface area contributed by atoms with E-state index in [4.69, 9.17) is 0 Å². The van der Waals surface area contributed by atoms with Crippen LogP contribution in [0, 0.1) is 11.8 Å². The van der Waals surface area contributed by atoms with Crippen molar-refractivity contribution in [3.63, 3.8) is 0 Å². The second-order valence-corrected chi connectivity index (χ2v) is 5.40. The third-order valence-corrected chi connectivity index (χ3v) is 3.95. The maximum atomic E-state index is 2.42. The minimum absolute atomic E-state index is 0.755. The van der Waals surface area contributed by atoms with E-state index in [-0.39, 0.29) is 0 Å². The number of para-hydroxylation sites is 1. The summed E-state index contributed by atoms with van der Waals surface area (Å²) in [5, 5.41) is 0. The maximum absolute atomic E-state index is 2.42. The fraction of sp³-hybridized carbons (Fsp3) is 0.263. The highest BCUT2D eigenvalue weighted by Gasteiger charge is 2.36. The van der Waals surface area contributed by atoms with E-state index >= 15 is 0 Å². The Morgan fingerprint density at radius 2 is 1.95 bits per heavy atom. The second kappa shape index (κ2) is 5.54. The lowest BCUT2D eigenvalue weighted by molar-refractivity contribution is 0.943. The normalized spacial score (nSPS) is 24.5. The van der Waals surface area contributed by atoms with Crippen LogP contribution in [-0.4, -0.2) is 0 Å². The van der Waals surface area contributed by atoms with Gasteiger partial charge in [-0.15, -0.1) is 0 Å². The number of hydrogen-bond acceptors (Lipinski definition) is 1. The molecule has 102 valence electrons. The van der Waals surface area contributed by atoms with Gasteiger partial charge < -0.3 is 4.90 Å². The molecule has 0 heterocycles. The molecule has 1 aromatic rings. The van der Waals surface area contributed by atoms with Crippen molar-refractivity contribution in [2.75, 3.05) is 4.90 Å². The van der Waals surface area contributed by atoms with E-state index < -0.39 is 0 Å². The lowest BCUT2D eigenvalue weighted by Gasteiger charge is -2.28. The van der Waals surface area contributed by atoms with Crippen LogP contribution in [0.3, 0.4) is 0 Å². The summed E-state index contributed by atoms with van der Waals surface area (Å²) in [6.07, 6.45) is 14.8. The lowest BCUT2D eigenvalue weighted by atomic mass is 10.1. The van der Waals surface area contributed by atoms with Crippen LogP contribution in [0.25, 0.3) is 0 Å². The molecule has 3 rings (SSSR count). The van der Waals surface area contributed by atoms with Gasteiger partial charge in [0.1, 0.15) is 0 Å². The van der Waals surface area contributed by atoms with E-state index in [0.29, 0.717) is 0 Å². The zero-order chi connectivity index (χ0) is 13.9. The number of rotatable bonds is 4. The largest absolute Gasteiger partial charge is 0.311 e. The van der Waals surface area contributed by atoms with Crippen molar-refractivity contribution in [3.8, 4) is 0 Å². The third-order valence-electron chi connectivity index (χ3n) is 3.95. The highest BCUT2D eigenvalue weighted by Crippen LogP contribution is 2.45. The number of nitrogens with zero attached hydrogens (tertiary/aromatic N) is 1. The molecule has 0 aliphatic heterocycles. The van der Waals surface area contributed by atoms with Crippen LogP contribution in [0.1, 0.15) is 20.3 Å². The second-order valence-electron chi connectivity index (χ2n) is 5.40. The Morgan fingerprint density at radius 3 is 2.60 bits per heavy atom. The summed E-state index contributed by atoms with van der Waals surface area (Å²) in [6, 6.07) is 10.6. The molecule has 20 heavy (non-hydrogen) atoms. The van der Waals surface area contributed by atoms with Crippen LogP contribution in [0.2, 0.25) is 0 Å². The molecule has 1 saturated carbocycles. The smallest absolute Gasteiger partial charge is 0.0461 e. The van der Waals surface area contributed by atoms with E-state index in [9.17, 15) is 0 Å². The molecule has 0 aromatic heterocycles. The molecule has 1 aromatic carbocycles. The molecule has 0 radical (unpaired) electrons. The Kier molecular flexibility index (Phi) is 3.60. The summed E-state index contributed by atoms with van der Waals surface area (Å²) in [7, 11) is 0. The molecule has 1 fully saturated rings. The van der Waals surface area contributed by atoms with Gasteiger partial charge in [0, 0.05) is 17.1 Å². The first-order valence-electron chi connectivity index (χ1n) is 7.37. The van der Waals surface area contributed by atoms with Crippen LogP contribution in [0.4, 0.5) is 5.69 Å². The van der Waals surface area contributed by atoms with Crippen LogP contribution < -0.4 is 4.90 Å². The molecule has 2 aliphatic carbocycles. The summed E-state index contributed by atoms with van der Waals surface area (Å²) in [5.74, 6) is 1.55. The first kappa shape index (κ1) is 13.0. The maximum Gasteiger partial charge on any atom is 0.0461 e. The lowest BCUT2D eigenvalue weighted by Crippen LogP contribution is -2.20. The molecular formula is C19H21N. The van der Waals surface area contributed by atoms with Gasteiger partial charge in [0.2, 0.25) is 0 Å². The van der Waals surface area contributed by atoms with E-state index in [1.165, 1.54) is 23.5 Å². The first-order valence-corrected chi connectivity index (χ1v) is 7.37. The minimum atomic E-state index is 0.755. The van der Waals surface area contributed by atoms with Crippen molar-refractivity contribution >= 4 is 5.69 Å². The zero-order valence-electron chi connectivity index (χ0n) is 12.2. The highest BCUT2D eigenvalue weighted by atomic mass is 15.2. The molecule has 1 heteroatoms. The molecule has 0 saturated heterocycles. The topological polar surface area (TPSA) is 3.24 Å². The molecular weight excluding hydrogens is 242 g/mol. The Hall–Kier alpha value is -2.02. The molecule has 2 atom stereocenters.